The number of aliphatic hydroxyl groups excluding tert-OH is 1. The second kappa shape index (κ2) is 6.49. The van der Waals surface area contributed by atoms with Gasteiger partial charge in [0.2, 0.25) is 5.91 Å². The first kappa shape index (κ1) is 15.2. The van der Waals surface area contributed by atoms with Gasteiger partial charge in [0.25, 0.3) is 0 Å². The molecule has 1 aromatic rings. The standard InChI is InChI=1S/C15H16FNO4/c1-21-15(20)13-8-12(18)9-17(13)14(19)6-5-10-3-2-4-11(16)7-10/h2-7,12-13,18H,8-9H2,1H3/b6-5+. The fraction of sp³-hybridized carbons (Fsp3) is 0.333. The number of aliphatic hydroxyl groups is 1. The van der Waals surface area contributed by atoms with Crippen LogP contribution in [-0.2, 0) is 14.3 Å². The highest BCUT2D eigenvalue weighted by Crippen LogP contribution is 2.20. The number of nitrogens with zero attached hydrogens (tertiary/aromatic N) is 1. The highest BCUT2D eigenvalue weighted by molar-refractivity contribution is 5.95. The van der Waals surface area contributed by atoms with Gasteiger partial charge in [0.05, 0.1) is 13.2 Å². The lowest BCUT2D eigenvalue weighted by atomic mass is 10.2. The SMILES string of the molecule is COC(=O)C1CC(O)CN1C(=O)/C=C/c1cccc(F)c1. The van der Waals surface area contributed by atoms with Gasteiger partial charge in [-0.1, -0.05) is 12.1 Å². The van der Waals surface area contributed by atoms with Crippen molar-refractivity contribution in [2.45, 2.75) is 18.6 Å². The smallest absolute Gasteiger partial charge is 0.328 e. The Morgan fingerprint density at radius 2 is 2.24 bits per heavy atom. The molecule has 1 heterocycles. The van der Waals surface area contributed by atoms with Crippen molar-refractivity contribution < 1.29 is 23.8 Å². The van der Waals surface area contributed by atoms with Gasteiger partial charge in [0, 0.05) is 19.0 Å². The fourth-order valence-electron chi connectivity index (χ4n) is 2.29. The Morgan fingerprint density at radius 3 is 2.90 bits per heavy atom. The molecular formula is C15H16FNO4. The maximum Gasteiger partial charge on any atom is 0.328 e. The van der Waals surface area contributed by atoms with Crippen LogP contribution in [0.3, 0.4) is 0 Å². The summed E-state index contributed by atoms with van der Waals surface area (Å²) in [7, 11) is 1.23. The van der Waals surface area contributed by atoms with Crippen molar-refractivity contribution in [3.05, 3.63) is 41.7 Å². The topological polar surface area (TPSA) is 66.8 Å². The Hall–Kier alpha value is -2.21. The minimum Gasteiger partial charge on any atom is -0.467 e. The number of hydrogen-bond donors (Lipinski definition) is 1. The number of amides is 1. The summed E-state index contributed by atoms with van der Waals surface area (Å²) in [5.41, 5.74) is 0.540. The zero-order valence-electron chi connectivity index (χ0n) is 11.5. The molecule has 0 aromatic heterocycles. The molecule has 1 N–H and O–H groups in total. The van der Waals surface area contributed by atoms with Crippen molar-refractivity contribution in [3.63, 3.8) is 0 Å². The monoisotopic (exact) mass is 293 g/mol. The van der Waals surface area contributed by atoms with Crippen LogP contribution < -0.4 is 0 Å². The molecular weight excluding hydrogens is 277 g/mol. The number of rotatable bonds is 3. The molecule has 112 valence electrons. The van der Waals surface area contributed by atoms with E-state index in [0.29, 0.717) is 5.56 Å². The van der Waals surface area contributed by atoms with E-state index < -0.39 is 29.8 Å². The van der Waals surface area contributed by atoms with Crippen molar-refractivity contribution in [1.82, 2.24) is 4.90 Å². The molecule has 1 aliphatic heterocycles. The predicted molar refractivity (Wildman–Crippen MR) is 73.6 cm³/mol. The molecule has 1 aliphatic rings. The quantitative estimate of drug-likeness (QED) is 0.666. The van der Waals surface area contributed by atoms with Gasteiger partial charge in [-0.2, -0.15) is 0 Å². The van der Waals surface area contributed by atoms with Crippen LogP contribution in [0.15, 0.2) is 30.3 Å². The third-order valence-electron chi connectivity index (χ3n) is 3.30. The van der Waals surface area contributed by atoms with Crippen molar-refractivity contribution in [3.8, 4) is 0 Å². The van der Waals surface area contributed by atoms with Crippen molar-refractivity contribution in [1.29, 1.82) is 0 Å². The number of β-amino-alcohol motifs (C(OH)–C–C–N with tert-alkyl or cyclic N) is 1. The van der Waals surface area contributed by atoms with Gasteiger partial charge >= 0.3 is 5.97 Å². The average Bonchev–Trinajstić information content (AvgIpc) is 2.86. The minimum atomic E-state index is -0.783. The van der Waals surface area contributed by atoms with Crippen LogP contribution in [0.5, 0.6) is 0 Å². The van der Waals surface area contributed by atoms with Crippen LogP contribution >= 0.6 is 0 Å². The number of benzene rings is 1. The molecule has 21 heavy (non-hydrogen) atoms. The summed E-state index contributed by atoms with van der Waals surface area (Å²) in [4.78, 5) is 25.0. The Balaban J connectivity index is 2.10. The third-order valence-corrected chi connectivity index (χ3v) is 3.30. The first-order valence-corrected chi connectivity index (χ1v) is 6.51. The molecule has 1 saturated heterocycles. The number of methoxy groups -OCH3 is 1. The van der Waals surface area contributed by atoms with Crippen LogP contribution in [0.1, 0.15) is 12.0 Å². The highest BCUT2D eigenvalue weighted by atomic mass is 19.1. The summed E-state index contributed by atoms with van der Waals surface area (Å²) < 4.78 is 17.7. The first-order chi connectivity index (χ1) is 10.0. The van der Waals surface area contributed by atoms with E-state index in [1.165, 1.54) is 42.4 Å². The lowest BCUT2D eigenvalue weighted by molar-refractivity contribution is -0.149. The molecule has 1 aromatic carbocycles. The molecule has 2 unspecified atom stereocenters. The number of hydrogen-bond acceptors (Lipinski definition) is 4. The molecule has 0 bridgehead atoms. The Labute approximate surface area is 121 Å². The van der Waals surface area contributed by atoms with Gasteiger partial charge in [-0.3, -0.25) is 4.79 Å². The van der Waals surface area contributed by atoms with E-state index in [1.807, 2.05) is 0 Å². The largest absolute Gasteiger partial charge is 0.467 e. The average molecular weight is 293 g/mol. The number of ether oxygens (including phenoxy) is 1. The maximum absolute atomic E-state index is 13.0. The van der Waals surface area contributed by atoms with Gasteiger partial charge in [-0.15, -0.1) is 0 Å². The second-order valence-corrected chi connectivity index (χ2v) is 4.81. The lowest BCUT2D eigenvalue weighted by Gasteiger charge is -2.20. The molecule has 0 spiro atoms. The minimum absolute atomic E-state index is 0.0755. The van der Waals surface area contributed by atoms with Gasteiger partial charge in [-0.25, -0.2) is 9.18 Å². The van der Waals surface area contributed by atoms with Gasteiger partial charge < -0.3 is 14.7 Å². The van der Waals surface area contributed by atoms with Gasteiger partial charge in [0.15, 0.2) is 0 Å². The summed E-state index contributed by atoms with van der Waals surface area (Å²) in [6, 6.07) is 5.01. The molecule has 5 nitrogen and oxygen atoms in total. The highest BCUT2D eigenvalue weighted by Gasteiger charge is 2.38. The fourth-order valence-corrected chi connectivity index (χ4v) is 2.29. The number of carbonyl (C=O) groups excluding carboxylic acids is 2. The Bertz CT molecular complexity index is 573. The van der Waals surface area contributed by atoms with E-state index >= 15 is 0 Å². The van der Waals surface area contributed by atoms with E-state index in [4.69, 9.17) is 0 Å². The molecule has 6 heteroatoms. The van der Waals surface area contributed by atoms with E-state index in [1.54, 1.807) is 6.07 Å². The molecule has 1 amide bonds. The van der Waals surface area contributed by atoms with Crippen molar-refractivity contribution in [2.24, 2.45) is 0 Å². The van der Waals surface area contributed by atoms with E-state index in [-0.39, 0.29) is 13.0 Å². The lowest BCUT2D eigenvalue weighted by Crippen LogP contribution is -2.40. The summed E-state index contributed by atoms with van der Waals surface area (Å²) >= 11 is 0. The Kier molecular flexibility index (Phi) is 4.70. The zero-order valence-corrected chi connectivity index (χ0v) is 11.5. The summed E-state index contributed by atoms with van der Waals surface area (Å²) in [6.45, 7) is 0.0755. The second-order valence-electron chi connectivity index (χ2n) is 4.81. The van der Waals surface area contributed by atoms with Crippen LogP contribution in [0.25, 0.3) is 6.08 Å². The number of likely N-dealkylation sites (tertiary alicyclic amines) is 1. The van der Waals surface area contributed by atoms with E-state index in [9.17, 15) is 19.1 Å². The zero-order chi connectivity index (χ0) is 15.4. The number of esters is 1. The molecule has 0 aliphatic carbocycles. The van der Waals surface area contributed by atoms with Crippen LogP contribution in [0.4, 0.5) is 4.39 Å². The maximum atomic E-state index is 13.0. The van der Waals surface area contributed by atoms with E-state index in [2.05, 4.69) is 4.74 Å². The van der Waals surface area contributed by atoms with E-state index in [0.717, 1.165) is 0 Å². The van der Waals surface area contributed by atoms with Crippen molar-refractivity contribution >= 4 is 18.0 Å². The molecule has 0 saturated carbocycles. The number of halogens is 1. The number of carbonyl (C=O) groups is 2. The van der Waals surface area contributed by atoms with Crippen LogP contribution in [0, 0.1) is 5.82 Å². The van der Waals surface area contributed by atoms with Crippen LogP contribution in [0.2, 0.25) is 0 Å². The first-order valence-electron chi connectivity index (χ1n) is 6.51. The molecule has 0 radical (unpaired) electrons. The summed E-state index contributed by atoms with van der Waals surface area (Å²) in [5.74, 6) is -1.38. The van der Waals surface area contributed by atoms with Crippen LogP contribution in [-0.4, -0.2) is 47.7 Å². The molecule has 1 fully saturated rings. The van der Waals surface area contributed by atoms with Gasteiger partial charge in [0.1, 0.15) is 11.9 Å². The molecule has 2 rings (SSSR count). The normalized spacial score (nSPS) is 21.8. The third kappa shape index (κ3) is 3.66. The summed E-state index contributed by atoms with van der Waals surface area (Å²) in [6.07, 6.45) is 2.13. The van der Waals surface area contributed by atoms with Gasteiger partial charge in [-0.05, 0) is 23.8 Å². The Morgan fingerprint density at radius 1 is 1.48 bits per heavy atom. The summed E-state index contributed by atoms with van der Waals surface area (Å²) in [5, 5.41) is 9.61. The molecule has 2 atom stereocenters. The van der Waals surface area contributed by atoms with Crippen molar-refractivity contribution in [2.75, 3.05) is 13.7 Å². The predicted octanol–water partition coefficient (Wildman–Crippen LogP) is 0.974.